The van der Waals surface area contributed by atoms with E-state index in [2.05, 4.69) is 4.98 Å². The van der Waals surface area contributed by atoms with Crippen LogP contribution in [0.4, 0.5) is 0 Å². The van der Waals surface area contributed by atoms with Gasteiger partial charge in [-0.2, -0.15) is 0 Å². The van der Waals surface area contributed by atoms with Crippen LogP contribution >= 0.6 is 0 Å². The highest BCUT2D eigenvalue weighted by molar-refractivity contribution is 4.84. The van der Waals surface area contributed by atoms with E-state index in [9.17, 15) is 19.8 Å². The topological polar surface area (TPSA) is 105 Å². The minimum atomic E-state index is -0.936. The molecule has 0 radical (unpaired) electrons. The van der Waals surface area contributed by atoms with Gasteiger partial charge in [0.2, 0.25) is 0 Å². The number of ether oxygens (including phenoxy) is 1. The number of aromatic nitrogens is 2. The molecular formula is C11H18N2O5. The molecule has 0 saturated heterocycles. The second-order valence-corrected chi connectivity index (χ2v) is 3.98. The number of nitrogens with one attached hydrogen (secondary N) is 1. The van der Waals surface area contributed by atoms with Crippen LogP contribution in [0, 0.1) is 0 Å². The van der Waals surface area contributed by atoms with Crippen LogP contribution in [-0.2, 0) is 4.74 Å². The molecule has 0 aliphatic heterocycles. The molecule has 1 aromatic heterocycles. The van der Waals surface area contributed by atoms with Crippen molar-refractivity contribution < 1.29 is 14.9 Å². The lowest BCUT2D eigenvalue weighted by Gasteiger charge is -2.25. The van der Waals surface area contributed by atoms with Gasteiger partial charge in [-0.15, -0.1) is 0 Å². The van der Waals surface area contributed by atoms with Gasteiger partial charge in [-0.3, -0.25) is 14.3 Å². The molecule has 0 fully saturated rings. The zero-order valence-electron chi connectivity index (χ0n) is 10.4. The Morgan fingerprint density at radius 3 is 2.61 bits per heavy atom. The van der Waals surface area contributed by atoms with Crippen LogP contribution in [0.2, 0.25) is 0 Å². The molecule has 18 heavy (non-hydrogen) atoms. The number of aliphatic hydroxyl groups is 2. The third-order valence-electron chi connectivity index (χ3n) is 2.59. The quantitative estimate of drug-likeness (QED) is 0.620. The van der Waals surface area contributed by atoms with Crippen molar-refractivity contribution in [2.24, 2.45) is 0 Å². The van der Waals surface area contributed by atoms with Crippen LogP contribution in [-0.4, -0.2) is 38.6 Å². The molecule has 1 aromatic rings. The Labute approximate surface area is 104 Å². The van der Waals surface area contributed by atoms with E-state index in [1.165, 1.54) is 6.20 Å². The fraction of sp³-hybridized carbons (Fsp3) is 0.636. The molecule has 0 aliphatic carbocycles. The normalized spacial score (nSPS) is 16.2. The van der Waals surface area contributed by atoms with Gasteiger partial charge in [-0.05, 0) is 13.3 Å². The highest BCUT2D eigenvalue weighted by Gasteiger charge is 2.20. The van der Waals surface area contributed by atoms with Crippen molar-refractivity contribution in [3.63, 3.8) is 0 Å². The van der Waals surface area contributed by atoms with Gasteiger partial charge in [0, 0.05) is 12.3 Å². The van der Waals surface area contributed by atoms with Gasteiger partial charge in [0.05, 0.1) is 18.8 Å². The summed E-state index contributed by atoms with van der Waals surface area (Å²) in [4.78, 5) is 24.5. The standard InChI is InChI=1S/C11H18N2O5/c1-3-8(7(2)15)18-10(6-14)13-5-4-9(16)12-11(13)17/h4-5,7-8,10,14-15H,3,6H2,1-2H3,(H,12,16,17)/t7-,8?,10?/m0/s1. The van der Waals surface area contributed by atoms with Gasteiger partial charge in [0.25, 0.3) is 5.56 Å². The molecule has 0 amide bonds. The lowest BCUT2D eigenvalue weighted by Crippen LogP contribution is -2.37. The van der Waals surface area contributed by atoms with E-state index in [4.69, 9.17) is 4.74 Å². The Hall–Kier alpha value is -1.44. The predicted molar refractivity (Wildman–Crippen MR) is 64.3 cm³/mol. The van der Waals surface area contributed by atoms with Gasteiger partial charge in [0.15, 0.2) is 6.23 Å². The van der Waals surface area contributed by atoms with E-state index in [0.29, 0.717) is 6.42 Å². The van der Waals surface area contributed by atoms with Crippen LogP contribution in [0.25, 0.3) is 0 Å². The number of aliphatic hydroxyl groups excluding tert-OH is 2. The summed E-state index contributed by atoms with van der Waals surface area (Å²) < 4.78 is 6.53. The summed E-state index contributed by atoms with van der Waals surface area (Å²) in [6, 6.07) is 1.16. The first kappa shape index (κ1) is 14.6. The van der Waals surface area contributed by atoms with Crippen molar-refractivity contribution >= 4 is 0 Å². The minimum absolute atomic E-state index is 0.435. The van der Waals surface area contributed by atoms with Gasteiger partial charge in [0.1, 0.15) is 0 Å². The zero-order chi connectivity index (χ0) is 13.7. The predicted octanol–water partition coefficient (Wildman–Crippen LogP) is -0.797. The van der Waals surface area contributed by atoms with E-state index in [1.807, 2.05) is 6.92 Å². The molecule has 0 aromatic carbocycles. The van der Waals surface area contributed by atoms with Gasteiger partial charge in [-0.1, -0.05) is 6.92 Å². The molecule has 1 heterocycles. The summed E-state index contributed by atoms with van der Waals surface area (Å²) in [5, 5.41) is 18.7. The molecule has 0 bridgehead atoms. The van der Waals surface area contributed by atoms with Crippen molar-refractivity contribution in [2.75, 3.05) is 6.61 Å². The zero-order valence-corrected chi connectivity index (χ0v) is 10.4. The van der Waals surface area contributed by atoms with Crippen LogP contribution in [0.15, 0.2) is 21.9 Å². The lowest BCUT2D eigenvalue weighted by atomic mass is 10.2. The highest BCUT2D eigenvalue weighted by atomic mass is 16.5. The summed E-state index contributed by atoms with van der Waals surface area (Å²) in [7, 11) is 0. The molecule has 3 atom stereocenters. The average molecular weight is 258 g/mol. The summed E-state index contributed by atoms with van der Waals surface area (Å²) in [5.41, 5.74) is -1.18. The Morgan fingerprint density at radius 1 is 1.50 bits per heavy atom. The molecule has 0 saturated carbocycles. The smallest absolute Gasteiger partial charge is 0.330 e. The molecular weight excluding hydrogens is 240 g/mol. The van der Waals surface area contributed by atoms with Crippen molar-refractivity contribution in [1.82, 2.24) is 9.55 Å². The summed E-state index contributed by atoms with van der Waals surface area (Å²) in [5.74, 6) is 0. The van der Waals surface area contributed by atoms with Crippen LogP contribution in [0.1, 0.15) is 26.5 Å². The van der Waals surface area contributed by atoms with Crippen molar-refractivity contribution in [1.29, 1.82) is 0 Å². The SMILES string of the molecule is CCC(OC(CO)n1ccc(=O)[nH]c1=O)[C@H](C)O. The number of hydrogen-bond donors (Lipinski definition) is 3. The number of H-pyrrole nitrogens is 1. The first-order valence-electron chi connectivity index (χ1n) is 5.75. The van der Waals surface area contributed by atoms with Crippen molar-refractivity contribution in [3.05, 3.63) is 33.1 Å². The Kier molecular flexibility index (Phi) is 5.26. The van der Waals surface area contributed by atoms with E-state index < -0.39 is 36.3 Å². The fourth-order valence-corrected chi connectivity index (χ4v) is 1.60. The first-order valence-corrected chi connectivity index (χ1v) is 5.75. The number of aromatic amines is 1. The molecule has 2 unspecified atom stereocenters. The molecule has 1 rings (SSSR count). The Bertz CT molecular complexity index is 479. The molecule has 0 spiro atoms. The summed E-state index contributed by atoms with van der Waals surface area (Å²) >= 11 is 0. The second-order valence-electron chi connectivity index (χ2n) is 3.98. The highest BCUT2D eigenvalue weighted by Crippen LogP contribution is 2.13. The maximum Gasteiger partial charge on any atom is 0.330 e. The van der Waals surface area contributed by atoms with Crippen LogP contribution < -0.4 is 11.2 Å². The summed E-state index contributed by atoms with van der Waals surface area (Å²) in [6.45, 7) is 2.95. The van der Waals surface area contributed by atoms with Gasteiger partial charge in [-0.25, -0.2) is 4.79 Å². The Morgan fingerprint density at radius 2 is 2.17 bits per heavy atom. The van der Waals surface area contributed by atoms with E-state index >= 15 is 0 Å². The maximum atomic E-state index is 11.5. The third kappa shape index (κ3) is 3.52. The van der Waals surface area contributed by atoms with E-state index in [1.54, 1.807) is 6.92 Å². The molecule has 7 heteroatoms. The molecule has 7 nitrogen and oxygen atoms in total. The molecule has 0 aliphatic rings. The Balaban J connectivity index is 2.96. The summed E-state index contributed by atoms with van der Waals surface area (Å²) in [6.07, 6.45) is -0.374. The van der Waals surface area contributed by atoms with Crippen molar-refractivity contribution in [2.45, 2.75) is 38.7 Å². The second kappa shape index (κ2) is 6.48. The van der Waals surface area contributed by atoms with E-state index in [-0.39, 0.29) is 0 Å². The monoisotopic (exact) mass is 258 g/mol. The fourth-order valence-electron chi connectivity index (χ4n) is 1.60. The van der Waals surface area contributed by atoms with Gasteiger partial charge < -0.3 is 14.9 Å². The third-order valence-corrected chi connectivity index (χ3v) is 2.59. The maximum absolute atomic E-state index is 11.5. The minimum Gasteiger partial charge on any atom is -0.392 e. The van der Waals surface area contributed by atoms with Crippen LogP contribution in [0.3, 0.4) is 0 Å². The number of nitrogens with zero attached hydrogens (tertiary/aromatic N) is 1. The first-order chi connectivity index (χ1) is 8.49. The molecule has 3 N–H and O–H groups in total. The largest absolute Gasteiger partial charge is 0.392 e. The average Bonchev–Trinajstić information content (AvgIpc) is 2.31. The van der Waals surface area contributed by atoms with Gasteiger partial charge >= 0.3 is 5.69 Å². The lowest BCUT2D eigenvalue weighted by molar-refractivity contribution is -0.120. The molecule has 102 valence electrons. The number of rotatable bonds is 6. The van der Waals surface area contributed by atoms with E-state index in [0.717, 1.165) is 10.6 Å². The van der Waals surface area contributed by atoms with Crippen molar-refractivity contribution in [3.8, 4) is 0 Å². The van der Waals surface area contributed by atoms with Crippen LogP contribution in [0.5, 0.6) is 0 Å². The number of hydrogen-bond acceptors (Lipinski definition) is 5.